The molecule has 132 valence electrons. The molecule has 0 saturated heterocycles. The molecule has 0 bridgehead atoms. The highest BCUT2D eigenvalue weighted by atomic mass is 19.1. The number of methoxy groups -OCH3 is 1. The molecule has 1 atom stereocenters. The molecule has 0 saturated carbocycles. The van der Waals surface area contributed by atoms with E-state index in [-0.39, 0.29) is 17.9 Å². The van der Waals surface area contributed by atoms with E-state index in [0.29, 0.717) is 5.56 Å². The SMILES string of the molecule is COc1ccc(CC(=O)O[C@@H](C)C(=O)Nc2ccccc2F)cc1F. The topological polar surface area (TPSA) is 64.6 Å². The summed E-state index contributed by atoms with van der Waals surface area (Å²) < 4.78 is 36.9. The second-order valence-corrected chi connectivity index (χ2v) is 5.25. The number of rotatable bonds is 6. The third-order valence-corrected chi connectivity index (χ3v) is 3.37. The molecular formula is C18H17F2NO4. The van der Waals surface area contributed by atoms with Crippen molar-refractivity contribution in [3.05, 3.63) is 59.7 Å². The first-order valence-corrected chi connectivity index (χ1v) is 7.48. The molecule has 0 aromatic heterocycles. The Labute approximate surface area is 143 Å². The van der Waals surface area contributed by atoms with Crippen LogP contribution < -0.4 is 10.1 Å². The van der Waals surface area contributed by atoms with Crippen molar-refractivity contribution < 1.29 is 27.8 Å². The third kappa shape index (κ3) is 5.00. The third-order valence-electron chi connectivity index (χ3n) is 3.37. The van der Waals surface area contributed by atoms with Crippen molar-refractivity contribution in [3.63, 3.8) is 0 Å². The van der Waals surface area contributed by atoms with E-state index in [1.165, 1.54) is 44.4 Å². The summed E-state index contributed by atoms with van der Waals surface area (Å²) in [7, 11) is 1.34. The predicted molar refractivity (Wildman–Crippen MR) is 87.2 cm³/mol. The van der Waals surface area contributed by atoms with Gasteiger partial charge in [-0.25, -0.2) is 8.78 Å². The number of amides is 1. The van der Waals surface area contributed by atoms with Crippen LogP contribution in [0, 0.1) is 11.6 Å². The lowest BCUT2D eigenvalue weighted by Gasteiger charge is -2.14. The summed E-state index contributed by atoms with van der Waals surface area (Å²) in [5.74, 6) is -2.50. The molecule has 0 aliphatic rings. The molecule has 0 aliphatic heterocycles. The molecule has 2 aromatic carbocycles. The van der Waals surface area contributed by atoms with Crippen molar-refractivity contribution in [2.45, 2.75) is 19.4 Å². The number of nitrogens with one attached hydrogen (secondary N) is 1. The van der Waals surface area contributed by atoms with Gasteiger partial charge in [-0.1, -0.05) is 18.2 Å². The minimum Gasteiger partial charge on any atom is -0.494 e. The summed E-state index contributed by atoms with van der Waals surface area (Å²) in [5, 5.41) is 2.34. The van der Waals surface area contributed by atoms with Gasteiger partial charge in [0.1, 0.15) is 5.82 Å². The van der Waals surface area contributed by atoms with E-state index in [2.05, 4.69) is 5.32 Å². The van der Waals surface area contributed by atoms with Crippen molar-refractivity contribution >= 4 is 17.6 Å². The van der Waals surface area contributed by atoms with Gasteiger partial charge >= 0.3 is 5.97 Å². The maximum absolute atomic E-state index is 13.6. The molecule has 7 heteroatoms. The molecular weight excluding hydrogens is 332 g/mol. The molecule has 0 fully saturated rings. The van der Waals surface area contributed by atoms with E-state index in [1.807, 2.05) is 0 Å². The molecule has 0 spiro atoms. The van der Waals surface area contributed by atoms with Gasteiger partial charge in [-0.2, -0.15) is 0 Å². The zero-order valence-corrected chi connectivity index (χ0v) is 13.7. The van der Waals surface area contributed by atoms with Gasteiger partial charge in [0.05, 0.1) is 19.2 Å². The number of carbonyl (C=O) groups excluding carboxylic acids is 2. The summed E-state index contributed by atoms with van der Waals surface area (Å²) >= 11 is 0. The van der Waals surface area contributed by atoms with Gasteiger partial charge in [-0.3, -0.25) is 9.59 Å². The summed E-state index contributed by atoms with van der Waals surface area (Å²) in [6.07, 6.45) is -1.34. The second-order valence-electron chi connectivity index (χ2n) is 5.25. The Morgan fingerprint density at radius 3 is 2.48 bits per heavy atom. The predicted octanol–water partition coefficient (Wildman–Crippen LogP) is 3.09. The number of ether oxygens (including phenoxy) is 2. The first kappa shape index (κ1) is 18.4. The van der Waals surface area contributed by atoms with E-state index < -0.39 is 29.6 Å². The Hall–Kier alpha value is -2.96. The van der Waals surface area contributed by atoms with Crippen LogP contribution in [0.4, 0.5) is 14.5 Å². The van der Waals surface area contributed by atoms with Crippen molar-refractivity contribution in [1.82, 2.24) is 0 Å². The van der Waals surface area contributed by atoms with Gasteiger partial charge in [-0.05, 0) is 36.8 Å². The van der Waals surface area contributed by atoms with Crippen LogP contribution in [0.25, 0.3) is 0 Å². The Balaban J connectivity index is 1.92. The number of anilines is 1. The Kier molecular flexibility index (Phi) is 6.05. The van der Waals surface area contributed by atoms with Crippen LogP contribution in [0.5, 0.6) is 5.75 Å². The highest BCUT2D eigenvalue weighted by molar-refractivity contribution is 5.95. The zero-order valence-electron chi connectivity index (χ0n) is 13.7. The molecule has 0 aliphatic carbocycles. The van der Waals surface area contributed by atoms with Crippen molar-refractivity contribution in [1.29, 1.82) is 0 Å². The lowest BCUT2D eigenvalue weighted by atomic mass is 10.1. The minimum atomic E-state index is -1.13. The number of benzene rings is 2. The standard InChI is InChI=1S/C18H17F2NO4/c1-11(18(23)21-15-6-4-3-5-13(15)19)25-17(22)10-12-7-8-16(24-2)14(20)9-12/h3-9,11H,10H2,1-2H3,(H,21,23)/t11-/m0/s1. The van der Waals surface area contributed by atoms with Gasteiger partial charge in [0.25, 0.3) is 5.91 Å². The molecule has 25 heavy (non-hydrogen) atoms. The number of halogens is 2. The molecule has 1 amide bonds. The van der Waals surface area contributed by atoms with E-state index in [9.17, 15) is 18.4 Å². The summed E-state index contributed by atoms with van der Waals surface area (Å²) in [6.45, 7) is 1.36. The van der Waals surface area contributed by atoms with Gasteiger partial charge in [-0.15, -0.1) is 0 Å². The fourth-order valence-corrected chi connectivity index (χ4v) is 2.08. The number of hydrogen-bond acceptors (Lipinski definition) is 4. The van der Waals surface area contributed by atoms with Crippen LogP contribution >= 0.6 is 0 Å². The van der Waals surface area contributed by atoms with Crippen LogP contribution in [0.3, 0.4) is 0 Å². The van der Waals surface area contributed by atoms with Crippen molar-refractivity contribution in [3.8, 4) is 5.75 Å². The summed E-state index contributed by atoms with van der Waals surface area (Å²) in [6, 6.07) is 9.71. The Morgan fingerprint density at radius 2 is 1.84 bits per heavy atom. The Morgan fingerprint density at radius 1 is 1.12 bits per heavy atom. The largest absolute Gasteiger partial charge is 0.494 e. The first-order valence-electron chi connectivity index (χ1n) is 7.48. The maximum Gasteiger partial charge on any atom is 0.311 e. The van der Waals surface area contributed by atoms with Crippen molar-refractivity contribution in [2.24, 2.45) is 0 Å². The summed E-state index contributed by atoms with van der Waals surface area (Å²) in [5.41, 5.74) is 0.373. The van der Waals surface area contributed by atoms with Crippen LogP contribution in [0.1, 0.15) is 12.5 Å². The van der Waals surface area contributed by atoms with Crippen molar-refractivity contribution in [2.75, 3.05) is 12.4 Å². The molecule has 2 rings (SSSR count). The highest BCUT2D eigenvalue weighted by Gasteiger charge is 2.19. The van der Waals surface area contributed by atoms with Gasteiger partial charge in [0.2, 0.25) is 0 Å². The number of para-hydroxylation sites is 1. The Bertz CT molecular complexity index is 779. The zero-order chi connectivity index (χ0) is 18.4. The molecule has 0 radical (unpaired) electrons. The lowest BCUT2D eigenvalue weighted by molar-refractivity contribution is -0.152. The van der Waals surface area contributed by atoms with E-state index in [4.69, 9.17) is 9.47 Å². The molecule has 5 nitrogen and oxygen atoms in total. The first-order chi connectivity index (χ1) is 11.9. The average molecular weight is 349 g/mol. The smallest absolute Gasteiger partial charge is 0.311 e. The molecule has 1 N–H and O–H groups in total. The highest BCUT2D eigenvalue weighted by Crippen LogP contribution is 2.18. The minimum absolute atomic E-state index is 0.00683. The van der Waals surface area contributed by atoms with E-state index in [1.54, 1.807) is 6.07 Å². The summed E-state index contributed by atoms with van der Waals surface area (Å²) in [4.78, 5) is 23.8. The van der Waals surface area contributed by atoms with Gasteiger partial charge in [0, 0.05) is 0 Å². The fraction of sp³-hybridized carbons (Fsp3) is 0.222. The normalized spacial score (nSPS) is 11.5. The monoisotopic (exact) mass is 349 g/mol. The van der Waals surface area contributed by atoms with Crippen LogP contribution in [-0.2, 0) is 20.7 Å². The quantitative estimate of drug-likeness (QED) is 0.814. The molecule has 0 heterocycles. The number of carbonyl (C=O) groups is 2. The van der Waals surface area contributed by atoms with Crippen LogP contribution in [-0.4, -0.2) is 25.1 Å². The fourth-order valence-electron chi connectivity index (χ4n) is 2.08. The van der Waals surface area contributed by atoms with Crippen LogP contribution in [0.15, 0.2) is 42.5 Å². The van der Waals surface area contributed by atoms with E-state index >= 15 is 0 Å². The average Bonchev–Trinajstić information content (AvgIpc) is 2.57. The second kappa shape index (κ2) is 8.23. The number of hydrogen-bond donors (Lipinski definition) is 1. The van der Waals surface area contributed by atoms with Gasteiger partial charge < -0.3 is 14.8 Å². The number of esters is 1. The van der Waals surface area contributed by atoms with E-state index in [0.717, 1.165) is 6.07 Å². The van der Waals surface area contributed by atoms with Gasteiger partial charge in [0.15, 0.2) is 17.7 Å². The molecule has 2 aromatic rings. The van der Waals surface area contributed by atoms with Crippen LogP contribution in [0.2, 0.25) is 0 Å². The lowest BCUT2D eigenvalue weighted by Crippen LogP contribution is -2.30. The molecule has 0 unspecified atom stereocenters. The maximum atomic E-state index is 13.6.